The minimum absolute atomic E-state index is 1.07. The molecule has 0 amide bonds. The van der Waals surface area contributed by atoms with E-state index in [9.17, 15) is 0 Å². The maximum atomic E-state index is 2.44. The van der Waals surface area contributed by atoms with E-state index in [2.05, 4.69) is 252 Å². The molecule has 1 heterocycles. The van der Waals surface area contributed by atoms with Crippen molar-refractivity contribution in [3.63, 3.8) is 0 Å². The van der Waals surface area contributed by atoms with Gasteiger partial charge in [0.1, 0.15) is 0 Å². The number of para-hydroxylation sites is 2. The highest BCUT2D eigenvalue weighted by molar-refractivity contribution is 6.13. The van der Waals surface area contributed by atoms with Crippen molar-refractivity contribution in [2.75, 3.05) is 4.90 Å². The number of benzene rings is 11. The van der Waals surface area contributed by atoms with Gasteiger partial charge in [0, 0.05) is 33.4 Å². The molecule has 11 aromatic carbocycles. The van der Waals surface area contributed by atoms with Crippen LogP contribution in [0.25, 0.3) is 93.2 Å². The molecule has 0 unspecified atom stereocenters. The highest BCUT2D eigenvalue weighted by Gasteiger charge is 2.21. The molecule has 62 heavy (non-hydrogen) atoms. The maximum absolute atomic E-state index is 2.44. The maximum Gasteiger partial charge on any atom is 0.0546 e. The summed E-state index contributed by atoms with van der Waals surface area (Å²) in [5, 5.41) is 10.0. The molecule has 12 rings (SSSR count). The van der Waals surface area contributed by atoms with Gasteiger partial charge in [-0.05, 0) is 115 Å². The van der Waals surface area contributed by atoms with Crippen molar-refractivity contribution < 1.29 is 0 Å². The molecular formula is C60H40N2. The van der Waals surface area contributed by atoms with Gasteiger partial charge < -0.3 is 9.47 Å². The number of hydrogen-bond donors (Lipinski definition) is 0. The molecule has 2 heteroatoms. The van der Waals surface area contributed by atoms with Gasteiger partial charge in [-0.3, -0.25) is 0 Å². The van der Waals surface area contributed by atoms with Gasteiger partial charge in [0.25, 0.3) is 0 Å². The van der Waals surface area contributed by atoms with Crippen molar-refractivity contribution in [1.82, 2.24) is 4.57 Å². The van der Waals surface area contributed by atoms with Crippen LogP contribution < -0.4 is 4.90 Å². The lowest BCUT2D eigenvalue weighted by molar-refractivity contribution is 1.17. The van der Waals surface area contributed by atoms with Gasteiger partial charge >= 0.3 is 0 Å². The summed E-state index contributed by atoms with van der Waals surface area (Å²) in [5.74, 6) is 0. The van der Waals surface area contributed by atoms with Gasteiger partial charge in [0.15, 0.2) is 0 Å². The number of fused-ring (bicyclic) bond motifs is 7. The van der Waals surface area contributed by atoms with E-state index in [1.807, 2.05) is 0 Å². The van der Waals surface area contributed by atoms with Gasteiger partial charge in [-0.15, -0.1) is 0 Å². The van der Waals surface area contributed by atoms with Crippen molar-refractivity contribution in [2.45, 2.75) is 0 Å². The topological polar surface area (TPSA) is 8.17 Å². The molecule has 0 aliphatic heterocycles. The highest BCUT2D eigenvalue weighted by Crippen LogP contribution is 2.45. The minimum atomic E-state index is 1.07. The number of rotatable bonds is 7. The SMILES string of the molecule is c1ccc(-c2ccc(-c3cccc4c3ccc3ccccc34)cc2N(c2ccc(-c3cccc4ccccc34)cc2)c2ccc(-n3c4ccccc4c4ccccc43)cc2)cc1. The van der Waals surface area contributed by atoms with Crippen molar-refractivity contribution in [2.24, 2.45) is 0 Å². The normalized spacial score (nSPS) is 11.5. The van der Waals surface area contributed by atoms with E-state index in [0.29, 0.717) is 0 Å². The first-order valence-electron chi connectivity index (χ1n) is 21.3. The van der Waals surface area contributed by atoms with E-state index in [1.54, 1.807) is 0 Å². The average molecular weight is 789 g/mol. The van der Waals surface area contributed by atoms with Crippen LogP contribution in [0.15, 0.2) is 243 Å². The van der Waals surface area contributed by atoms with Crippen molar-refractivity contribution >= 4 is 71.2 Å². The second kappa shape index (κ2) is 14.8. The Hall–Kier alpha value is -8.20. The second-order valence-corrected chi connectivity index (χ2v) is 16.1. The third-order valence-electron chi connectivity index (χ3n) is 12.6. The van der Waals surface area contributed by atoms with Crippen molar-refractivity contribution in [3.8, 4) is 39.1 Å². The first-order chi connectivity index (χ1) is 30.8. The molecule has 12 aromatic rings. The summed E-state index contributed by atoms with van der Waals surface area (Å²) in [4.78, 5) is 2.44. The van der Waals surface area contributed by atoms with Crippen LogP contribution >= 0.6 is 0 Å². The van der Waals surface area contributed by atoms with E-state index in [4.69, 9.17) is 0 Å². The lowest BCUT2D eigenvalue weighted by atomic mass is 9.92. The molecule has 0 radical (unpaired) electrons. The van der Waals surface area contributed by atoms with Crippen LogP contribution in [-0.2, 0) is 0 Å². The van der Waals surface area contributed by atoms with Gasteiger partial charge in [-0.2, -0.15) is 0 Å². The van der Waals surface area contributed by atoms with Crippen LogP contribution in [-0.4, -0.2) is 4.57 Å². The molecule has 0 bridgehead atoms. The molecule has 0 saturated carbocycles. The number of hydrogen-bond acceptors (Lipinski definition) is 1. The van der Waals surface area contributed by atoms with Gasteiger partial charge in [-0.1, -0.05) is 188 Å². The molecule has 0 spiro atoms. The molecule has 0 atom stereocenters. The summed E-state index contributed by atoms with van der Waals surface area (Å²) in [6.07, 6.45) is 0. The predicted octanol–water partition coefficient (Wildman–Crippen LogP) is 16.7. The zero-order valence-electron chi connectivity index (χ0n) is 34.0. The minimum Gasteiger partial charge on any atom is -0.310 e. The lowest BCUT2D eigenvalue weighted by Crippen LogP contribution is -2.12. The van der Waals surface area contributed by atoms with Crippen LogP contribution in [0.4, 0.5) is 17.1 Å². The molecule has 2 nitrogen and oxygen atoms in total. The number of nitrogens with zero attached hydrogens (tertiary/aromatic N) is 2. The van der Waals surface area contributed by atoms with E-state index in [0.717, 1.165) is 33.9 Å². The summed E-state index contributed by atoms with van der Waals surface area (Å²) in [7, 11) is 0. The zero-order valence-corrected chi connectivity index (χ0v) is 34.0. The smallest absolute Gasteiger partial charge is 0.0546 e. The summed E-state index contributed by atoms with van der Waals surface area (Å²) >= 11 is 0. The molecular weight excluding hydrogens is 749 g/mol. The van der Waals surface area contributed by atoms with E-state index >= 15 is 0 Å². The zero-order chi connectivity index (χ0) is 41.0. The predicted molar refractivity (Wildman–Crippen MR) is 264 cm³/mol. The van der Waals surface area contributed by atoms with Gasteiger partial charge in [0.05, 0.1) is 16.7 Å². The first kappa shape index (κ1) is 35.7. The number of anilines is 3. The molecule has 1 aromatic heterocycles. The third kappa shape index (κ3) is 5.96. The standard InChI is InChI=1S/C60H40N2/c1-2-14-42(15-3-1)53-38-31-45(52-24-13-25-54-51-20-7-5-17-43(51)30-39-55(52)54)40-60(53)61(46-32-28-44(29-33-46)50-23-12-18-41-16-4-6-19-49(41)50)47-34-36-48(37-35-47)62-58-26-10-8-21-56(58)57-22-9-11-27-59(57)62/h1-40H. The van der Waals surface area contributed by atoms with Crippen LogP contribution in [0.5, 0.6) is 0 Å². The Morgan fingerprint density at radius 1 is 0.274 bits per heavy atom. The molecule has 0 N–H and O–H groups in total. The van der Waals surface area contributed by atoms with Gasteiger partial charge in [0.2, 0.25) is 0 Å². The Labute approximate surface area is 360 Å². The summed E-state index contributed by atoms with van der Waals surface area (Å²) in [5.41, 5.74) is 13.9. The summed E-state index contributed by atoms with van der Waals surface area (Å²) in [6.45, 7) is 0. The molecule has 0 saturated heterocycles. The van der Waals surface area contributed by atoms with E-state index in [1.165, 1.54) is 76.4 Å². The molecule has 0 fully saturated rings. The monoisotopic (exact) mass is 788 g/mol. The molecule has 0 aliphatic rings. The Morgan fingerprint density at radius 3 is 1.48 bits per heavy atom. The second-order valence-electron chi connectivity index (χ2n) is 16.1. The number of aromatic nitrogens is 1. The third-order valence-corrected chi connectivity index (χ3v) is 12.6. The van der Waals surface area contributed by atoms with Crippen LogP contribution in [0, 0.1) is 0 Å². The first-order valence-corrected chi connectivity index (χ1v) is 21.3. The van der Waals surface area contributed by atoms with Crippen LogP contribution in [0.2, 0.25) is 0 Å². The van der Waals surface area contributed by atoms with Crippen LogP contribution in [0.1, 0.15) is 0 Å². The summed E-state index contributed by atoms with van der Waals surface area (Å²) in [6, 6.07) is 88.6. The van der Waals surface area contributed by atoms with Crippen molar-refractivity contribution in [1.29, 1.82) is 0 Å². The van der Waals surface area contributed by atoms with Crippen molar-refractivity contribution in [3.05, 3.63) is 243 Å². The Balaban J connectivity index is 1.07. The summed E-state index contributed by atoms with van der Waals surface area (Å²) < 4.78 is 2.39. The highest BCUT2D eigenvalue weighted by atomic mass is 15.1. The Morgan fingerprint density at radius 2 is 0.774 bits per heavy atom. The Bertz CT molecular complexity index is 3560. The average Bonchev–Trinajstić information content (AvgIpc) is 3.69. The largest absolute Gasteiger partial charge is 0.310 e. The van der Waals surface area contributed by atoms with E-state index < -0.39 is 0 Å². The Kier molecular flexibility index (Phi) is 8.53. The molecule has 0 aliphatic carbocycles. The fourth-order valence-electron chi connectivity index (χ4n) is 9.68. The quantitative estimate of drug-likeness (QED) is 0.146. The van der Waals surface area contributed by atoms with Gasteiger partial charge in [-0.25, -0.2) is 0 Å². The van der Waals surface area contributed by atoms with E-state index in [-0.39, 0.29) is 0 Å². The lowest BCUT2D eigenvalue weighted by Gasteiger charge is -2.29. The molecule has 290 valence electrons. The van der Waals surface area contributed by atoms with Crippen LogP contribution in [0.3, 0.4) is 0 Å². The fraction of sp³-hybridized carbons (Fsp3) is 0. The fourth-order valence-corrected chi connectivity index (χ4v) is 9.68.